The minimum absolute atomic E-state index is 0.109. The monoisotopic (exact) mass is 206 g/mol. The molecule has 0 aliphatic heterocycles. The largest absolute Gasteiger partial charge is 0.325 e. The van der Waals surface area contributed by atoms with E-state index in [-0.39, 0.29) is 5.91 Å². The molecule has 0 saturated heterocycles. The van der Waals surface area contributed by atoms with E-state index >= 15 is 0 Å². The molecule has 1 aromatic rings. The van der Waals surface area contributed by atoms with E-state index in [1.807, 2.05) is 38.1 Å². The van der Waals surface area contributed by atoms with Crippen molar-refractivity contribution in [3.05, 3.63) is 29.8 Å². The van der Waals surface area contributed by atoms with Gasteiger partial charge in [0.05, 0.1) is 6.04 Å². The van der Waals surface area contributed by atoms with Crippen molar-refractivity contribution in [2.75, 3.05) is 5.32 Å². The van der Waals surface area contributed by atoms with Gasteiger partial charge in [-0.1, -0.05) is 25.5 Å². The maximum absolute atomic E-state index is 11.6. The number of carbonyl (C=O) groups excluding carboxylic acids is 1. The molecule has 3 nitrogen and oxygen atoms in total. The Hall–Kier alpha value is -1.35. The zero-order chi connectivity index (χ0) is 11.3. The highest BCUT2D eigenvalue weighted by molar-refractivity contribution is 5.94. The molecule has 0 unspecified atom stereocenters. The number of hydrogen-bond acceptors (Lipinski definition) is 2. The average Bonchev–Trinajstić information content (AvgIpc) is 2.18. The van der Waals surface area contributed by atoms with Gasteiger partial charge >= 0.3 is 0 Å². The van der Waals surface area contributed by atoms with Gasteiger partial charge in [-0.2, -0.15) is 0 Å². The number of aryl methyl sites for hydroxylation is 1. The van der Waals surface area contributed by atoms with Crippen LogP contribution in [-0.4, -0.2) is 11.9 Å². The minimum atomic E-state index is -0.407. The number of anilines is 1. The van der Waals surface area contributed by atoms with Gasteiger partial charge in [-0.25, -0.2) is 0 Å². The van der Waals surface area contributed by atoms with Crippen molar-refractivity contribution in [3.63, 3.8) is 0 Å². The summed E-state index contributed by atoms with van der Waals surface area (Å²) in [6, 6.07) is 7.29. The second-order valence-corrected chi connectivity index (χ2v) is 3.75. The molecular formula is C12H18N2O. The number of benzene rings is 1. The zero-order valence-electron chi connectivity index (χ0n) is 9.29. The molecule has 1 aromatic carbocycles. The van der Waals surface area contributed by atoms with Crippen molar-refractivity contribution in [2.24, 2.45) is 5.73 Å². The third-order valence-electron chi connectivity index (χ3n) is 2.22. The Labute approximate surface area is 90.7 Å². The molecule has 0 spiro atoms. The van der Waals surface area contributed by atoms with Crippen LogP contribution in [0, 0.1) is 6.92 Å². The second kappa shape index (κ2) is 5.51. The lowest BCUT2D eigenvalue weighted by Gasteiger charge is -2.11. The Morgan fingerprint density at radius 1 is 1.53 bits per heavy atom. The summed E-state index contributed by atoms with van der Waals surface area (Å²) >= 11 is 0. The van der Waals surface area contributed by atoms with Crippen molar-refractivity contribution in [3.8, 4) is 0 Å². The highest BCUT2D eigenvalue weighted by Crippen LogP contribution is 2.10. The molecule has 0 aliphatic carbocycles. The molecule has 0 bridgehead atoms. The van der Waals surface area contributed by atoms with E-state index in [4.69, 9.17) is 5.73 Å². The van der Waals surface area contributed by atoms with Crippen LogP contribution in [0.4, 0.5) is 5.69 Å². The highest BCUT2D eigenvalue weighted by atomic mass is 16.2. The number of hydrogen-bond donors (Lipinski definition) is 2. The van der Waals surface area contributed by atoms with Crippen molar-refractivity contribution in [1.82, 2.24) is 0 Å². The molecular weight excluding hydrogens is 188 g/mol. The summed E-state index contributed by atoms with van der Waals surface area (Å²) in [4.78, 5) is 11.6. The van der Waals surface area contributed by atoms with Gasteiger partial charge in [0.15, 0.2) is 0 Å². The molecule has 0 saturated carbocycles. The Morgan fingerprint density at radius 3 is 2.87 bits per heavy atom. The van der Waals surface area contributed by atoms with Crippen LogP contribution in [0.15, 0.2) is 24.3 Å². The van der Waals surface area contributed by atoms with Crippen LogP contribution < -0.4 is 11.1 Å². The first-order valence-corrected chi connectivity index (χ1v) is 5.26. The summed E-state index contributed by atoms with van der Waals surface area (Å²) in [6.45, 7) is 4.00. The van der Waals surface area contributed by atoms with E-state index in [1.54, 1.807) is 0 Å². The van der Waals surface area contributed by atoms with Crippen LogP contribution in [0.1, 0.15) is 25.3 Å². The third kappa shape index (κ3) is 3.72. The molecule has 3 N–H and O–H groups in total. The number of carbonyl (C=O) groups is 1. The van der Waals surface area contributed by atoms with Crippen molar-refractivity contribution >= 4 is 11.6 Å². The fourth-order valence-corrected chi connectivity index (χ4v) is 1.40. The van der Waals surface area contributed by atoms with Crippen molar-refractivity contribution in [1.29, 1.82) is 0 Å². The summed E-state index contributed by atoms with van der Waals surface area (Å²) in [7, 11) is 0. The van der Waals surface area contributed by atoms with Crippen molar-refractivity contribution in [2.45, 2.75) is 32.7 Å². The summed E-state index contributed by atoms with van der Waals surface area (Å²) in [5, 5.41) is 2.80. The Morgan fingerprint density at radius 2 is 2.27 bits per heavy atom. The molecule has 3 heteroatoms. The van der Waals surface area contributed by atoms with Gasteiger partial charge in [0.2, 0.25) is 5.91 Å². The van der Waals surface area contributed by atoms with Gasteiger partial charge in [-0.05, 0) is 31.0 Å². The maximum atomic E-state index is 11.6. The SMILES string of the molecule is CCC[C@H](N)C(=O)Nc1cccc(C)c1. The highest BCUT2D eigenvalue weighted by Gasteiger charge is 2.11. The van der Waals surface area contributed by atoms with Gasteiger partial charge in [0.1, 0.15) is 0 Å². The second-order valence-electron chi connectivity index (χ2n) is 3.75. The molecule has 15 heavy (non-hydrogen) atoms. The normalized spacial score (nSPS) is 12.2. The van der Waals surface area contributed by atoms with Gasteiger partial charge < -0.3 is 11.1 Å². The Balaban J connectivity index is 2.58. The van der Waals surface area contributed by atoms with E-state index in [0.717, 1.165) is 24.1 Å². The fraction of sp³-hybridized carbons (Fsp3) is 0.417. The third-order valence-corrected chi connectivity index (χ3v) is 2.22. The first kappa shape index (κ1) is 11.7. The van der Waals surface area contributed by atoms with Crippen LogP contribution in [0.25, 0.3) is 0 Å². The average molecular weight is 206 g/mol. The van der Waals surface area contributed by atoms with Crippen LogP contribution in [-0.2, 0) is 4.79 Å². The van der Waals surface area contributed by atoms with Gasteiger partial charge in [0.25, 0.3) is 0 Å². The van der Waals surface area contributed by atoms with Gasteiger partial charge in [-0.15, -0.1) is 0 Å². The minimum Gasteiger partial charge on any atom is -0.325 e. The predicted octanol–water partition coefficient (Wildman–Crippen LogP) is 2.06. The molecule has 0 aliphatic rings. The lowest BCUT2D eigenvalue weighted by Crippen LogP contribution is -2.35. The summed E-state index contributed by atoms with van der Waals surface area (Å²) in [6.07, 6.45) is 1.64. The molecule has 0 fully saturated rings. The van der Waals surface area contributed by atoms with Crippen LogP contribution in [0.3, 0.4) is 0 Å². The van der Waals surface area contributed by atoms with Crippen molar-refractivity contribution < 1.29 is 4.79 Å². The van der Waals surface area contributed by atoms with E-state index in [9.17, 15) is 4.79 Å². The number of nitrogens with two attached hydrogens (primary N) is 1. The zero-order valence-corrected chi connectivity index (χ0v) is 9.29. The van der Waals surface area contributed by atoms with Gasteiger partial charge in [-0.3, -0.25) is 4.79 Å². The lowest BCUT2D eigenvalue weighted by atomic mass is 10.1. The predicted molar refractivity (Wildman–Crippen MR) is 62.7 cm³/mol. The van der Waals surface area contributed by atoms with Gasteiger partial charge in [0, 0.05) is 5.69 Å². The summed E-state index contributed by atoms with van der Waals surface area (Å²) in [5.41, 5.74) is 7.64. The molecule has 82 valence electrons. The molecule has 0 radical (unpaired) electrons. The van der Waals surface area contributed by atoms with Crippen LogP contribution in [0.5, 0.6) is 0 Å². The first-order valence-electron chi connectivity index (χ1n) is 5.26. The summed E-state index contributed by atoms with van der Waals surface area (Å²) < 4.78 is 0. The summed E-state index contributed by atoms with van der Waals surface area (Å²) in [5.74, 6) is -0.109. The van der Waals surface area contributed by atoms with Crippen LogP contribution in [0.2, 0.25) is 0 Å². The first-order chi connectivity index (χ1) is 7.13. The maximum Gasteiger partial charge on any atom is 0.241 e. The molecule has 0 aromatic heterocycles. The number of nitrogens with one attached hydrogen (secondary N) is 1. The van der Waals surface area contributed by atoms with E-state index in [1.165, 1.54) is 0 Å². The topological polar surface area (TPSA) is 55.1 Å². The molecule has 0 heterocycles. The Bertz CT molecular complexity index is 336. The molecule has 1 rings (SSSR count). The molecule has 1 atom stereocenters. The lowest BCUT2D eigenvalue weighted by molar-refractivity contribution is -0.117. The molecule has 1 amide bonds. The Kier molecular flexibility index (Phi) is 4.31. The number of amides is 1. The van der Waals surface area contributed by atoms with E-state index in [2.05, 4.69) is 5.32 Å². The van der Waals surface area contributed by atoms with E-state index in [0.29, 0.717) is 0 Å². The fourth-order valence-electron chi connectivity index (χ4n) is 1.40. The number of rotatable bonds is 4. The van der Waals surface area contributed by atoms with E-state index < -0.39 is 6.04 Å². The van der Waals surface area contributed by atoms with Crippen LogP contribution >= 0.6 is 0 Å². The smallest absolute Gasteiger partial charge is 0.241 e. The quantitative estimate of drug-likeness (QED) is 0.792. The standard InChI is InChI=1S/C12H18N2O/c1-3-5-11(13)12(15)14-10-7-4-6-9(2)8-10/h4,6-8,11H,3,5,13H2,1-2H3,(H,14,15)/t11-/m0/s1.